The van der Waals surface area contributed by atoms with E-state index in [1.165, 1.54) is 68.4 Å². The van der Waals surface area contributed by atoms with Crippen LogP contribution in [0.25, 0.3) is 11.1 Å². The Morgan fingerprint density at radius 3 is 1.96 bits per heavy atom. The van der Waals surface area contributed by atoms with Gasteiger partial charge < -0.3 is 117 Å². The van der Waals surface area contributed by atoms with Crippen LogP contribution in [0, 0.1) is 47.3 Å². The van der Waals surface area contributed by atoms with Crippen molar-refractivity contribution >= 4 is 81.9 Å². The van der Waals surface area contributed by atoms with Crippen molar-refractivity contribution in [1.29, 1.82) is 0 Å². The molecule has 0 spiro atoms. The van der Waals surface area contributed by atoms with Gasteiger partial charge in [0.2, 0.25) is 41.6 Å². The van der Waals surface area contributed by atoms with E-state index in [1.54, 1.807) is 31.2 Å². The van der Waals surface area contributed by atoms with E-state index in [0.29, 0.717) is 37.0 Å². The zero-order valence-electron chi connectivity index (χ0n) is 70.3. The highest BCUT2D eigenvalue weighted by Gasteiger charge is 2.53. The Kier molecular flexibility index (Phi) is 28.4. The number of phenols is 2. The number of aromatic hydroxyl groups is 2. The van der Waals surface area contributed by atoms with E-state index in [1.807, 2.05) is 20.9 Å². The van der Waals surface area contributed by atoms with Gasteiger partial charge in [0.15, 0.2) is 41.2 Å². The van der Waals surface area contributed by atoms with Crippen LogP contribution >= 0.6 is 23.2 Å². The minimum Gasteiger partial charge on any atom is -0.507 e. The summed E-state index contributed by atoms with van der Waals surface area (Å²) in [5, 5.41) is 112. The molecule has 676 valence electrons. The fourth-order valence-electron chi connectivity index (χ4n) is 19.4. The van der Waals surface area contributed by atoms with Gasteiger partial charge in [0.1, 0.15) is 89.2 Å². The number of ketones is 3. The second-order valence-corrected chi connectivity index (χ2v) is 36.1. The number of hydrogen-bond acceptors (Lipinski definition) is 27. The maximum Gasteiger partial charge on any atom is 0.417 e. The van der Waals surface area contributed by atoms with Crippen molar-refractivity contribution in [1.82, 2.24) is 26.6 Å². The molecule has 0 radical (unpaired) electrons. The number of rotatable bonds is 22. The minimum absolute atomic E-state index is 0.0227. The molecule has 6 aromatic carbocycles. The SMILES string of the molecule is CC[C@H](CC(C)C)C(=O)N[C@H]1C(=O)C[C@@H](CC(N)=O)C(=O)N[C@H]2C(=O)C[C@H]3C(=O)N[C@H](C(=O)N[C@H](C(=O)CC4C5CC6CC(C5)CC4C6)c4cc(OC(=O)Nc5ccc(OCCCNC)cc5)cc(O)c4-c4cc3ccc4O)[C@H](O)c3ccc(c(Cl)c3)Oc3cc2cc(c3O[C@@H]2O[C@H](CO)[C@@H](O)[C@H](O)[C@H]2O[C@H]2C[C@](C)(N)[C@H](O)[C@H](C)O2)Oc2ccc(cc2Cl)[C@H]1O. The third-order valence-corrected chi connectivity index (χ3v) is 26.3. The minimum atomic E-state index is -2.20. The highest BCUT2D eigenvalue weighted by Crippen LogP contribution is 2.59. The van der Waals surface area contributed by atoms with Crippen LogP contribution in [0.3, 0.4) is 0 Å². The number of nitrogens with two attached hydrogens (primary N) is 2. The molecule has 35 heteroatoms. The number of Topliss-reactive ketones (excluding diaryl/α,β-unsaturated/α-hetero) is 3. The van der Waals surface area contributed by atoms with E-state index in [2.05, 4.69) is 31.9 Å². The van der Waals surface area contributed by atoms with E-state index in [9.17, 15) is 55.2 Å². The van der Waals surface area contributed by atoms with Crippen LogP contribution in [0.4, 0.5) is 10.5 Å². The van der Waals surface area contributed by atoms with Gasteiger partial charge in [-0.25, -0.2) is 4.79 Å². The molecule has 33 nitrogen and oxygen atoms in total. The topological polar surface area (TPSA) is 514 Å². The number of carbonyl (C=O) groups excluding carboxylic acids is 9. The third-order valence-electron chi connectivity index (χ3n) is 25.7. The Balaban J connectivity index is 0.949. The molecule has 6 aromatic rings. The van der Waals surface area contributed by atoms with Gasteiger partial charge in [-0.2, -0.15) is 0 Å². The summed E-state index contributed by atoms with van der Waals surface area (Å²) in [6, 6.07) is 13.8. The lowest BCUT2D eigenvalue weighted by Crippen LogP contribution is -2.64. The molecular formula is C91H108Cl2N8O25. The molecule has 4 saturated carbocycles. The largest absolute Gasteiger partial charge is 0.507 e. The van der Waals surface area contributed by atoms with E-state index in [-0.39, 0.29) is 108 Å². The number of benzene rings is 6. The molecule has 7 heterocycles. The van der Waals surface area contributed by atoms with Gasteiger partial charge in [-0.3, -0.25) is 43.7 Å². The number of aliphatic hydroxyl groups excluding tert-OH is 6. The van der Waals surface area contributed by atoms with Gasteiger partial charge in [0, 0.05) is 66.4 Å². The van der Waals surface area contributed by atoms with Crippen molar-refractivity contribution in [2.75, 3.05) is 32.1 Å². The number of anilines is 1. The first-order valence-corrected chi connectivity index (χ1v) is 43.5. The highest BCUT2D eigenvalue weighted by atomic mass is 35.5. The number of hydrogen-bond donors (Lipinski definition) is 16. The lowest BCUT2D eigenvalue weighted by molar-refractivity contribution is -0.333. The van der Waals surface area contributed by atoms with Crippen LogP contribution in [-0.4, -0.2) is 187 Å². The molecule has 15 bridgehead atoms. The predicted octanol–water partition coefficient (Wildman–Crippen LogP) is 8.36. The summed E-state index contributed by atoms with van der Waals surface area (Å²) in [6.07, 6.45) is -15.7. The average molecular weight is 1780 g/mol. The summed E-state index contributed by atoms with van der Waals surface area (Å²) in [6.45, 7) is 8.75. The molecule has 4 aliphatic carbocycles. The van der Waals surface area contributed by atoms with Gasteiger partial charge in [-0.05, 0) is 221 Å². The summed E-state index contributed by atoms with van der Waals surface area (Å²) < 4.78 is 50.9. The number of primary amides is 1. The Bertz CT molecular complexity index is 5090. The quantitative estimate of drug-likeness (QED) is 0.0284. The number of fused-ring (bicyclic) bond motifs is 15. The number of aliphatic hydroxyl groups is 6. The summed E-state index contributed by atoms with van der Waals surface area (Å²) in [4.78, 5) is 138. The molecule has 126 heavy (non-hydrogen) atoms. The first kappa shape index (κ1) is 92.1. The van der Waals surface area contributed by atoms with Crippen LogP contribution < -0.4 is 67.1 Å². The number of ether oxygens (including phenoxy) is 8. The van der Waals surface area contributed by atoms with Gasteiger partial charge in [0.05, 0.1) is 47.3 Å². The zero-order valence-corrected chi connectivity index (χ0v) is 71.8. The lowest BCUT2D eigenvalue weighted by Gasteiger charge is -2.54. The van der Waals surface area contributed by atoms with Crippen LogP contribution in [-0.2, 0) is 52.6 Å². The molecule has 6 fully saturated rings. The fourth-order valence-corrected chi connectivity index (χ4v) is 19.8. The van der Waals surface area contributed by atoms with E-state index in [4.69, 9.17) is 72.6 Å². The van der Waals surface area contributed by atoms with E-state index in [0.717, 1.165) is 69.3 Å². The van der Waals surface area contributed by atoms with Crippen molar-refractivity contribution in [3.63, 3.8) is 0 Å². The molecule has 7 aliphatic heterocycles. The number of nitrogens with one attached hydrogen (secondary N) is 6. The van der Waals surface area contributed by atoms with Crippen molar-refractivity contribution < 1.29 is 122 Å². The van der Waals surface area contributed by atoms with Gasteiger partial charge >= 0.3 is 6.09 Å². The average Bonchev–Trinajstić information content (AvgIpc) is 0.739. The summed E-state index contributed by atoms with van der Waals surface area (Å²) in [5.41, 5.74) is 9.68. The standard InChI is InChI=1S/C91H108Cl2N8O25/c1-7-44(21-40(2)3)85(114)100-76-63(105)30-51(33-71(94)108)86(115)98-74-50-31-68(122-66-17-10-46(78(76)109)28-59(66)92)82(126-89-83(81(112)80(111)70(39-102)124-89)125-72-38-91(5,95)84(113)41(4)120-72)69(32-50)123-67-18-11-47(29-60(67)93)79(110)77-88(117)99-75(65(107)36-55-48-23-42-22-43(25-48)26-49(55)24-42)58-34-54(121-90(118)97-52-12-14-53(15-13-52)119-20-8-19-96-6)35-62(104)73(58)57-27-45(9-16-61(57)103)56(37-64(74)106)87(116)101-77/h9-18,27-29,31-32,34-35,40-44,48-49,51,55-56,70,72,74-81,83-84,89,96,102-104,109-113H,7-8,19-26,30,33,36-39,95H2,1-6H3,(H2,94,108)(H,97,118)(H,98,115)(H,99,117)(H,100,114)(H,101,116)/t41-,42?,43?,44+,48?,49?,51-,55?,56+,70+,72-,74+,75-,76-,77-,78+,79+,80+,81-,83+,84+,89-,91-/m0/s1. The lowest BCUT2D eigenvalue weighted by atomic mass is 9.51. The summed E-state index contributed by atoms with van der Waals surface area (Å²) >= 11 is 14.5. The summed E-state index contributed by atoms with van der Waals surface area (Å²) in [7, 11) is 1.82. The number of halogens is 2. The fraction of sp³-hybridized carbons (Fsp3) is 0.505. The van der Waals surface area contributed by atoms with Gasteiger partial charge in [0.25, 0.3) is 0 Å². The molecule has 2 saturated heterocycles. The summed E-state index contributed by atoms with van der Waals surface area (Å²) in [5.74, 6) is -15.3. The van der Waals surface area contributed by atoms with Gasteiger partial charge in [-0.15, -0.1) is 0 Å². The van der Waals surface area contributed by atoms with Crippen molar-refractivity contribution in [2.45, 2.75) is 215 Å². The molecule has 18 N–H and O–H groups in total. The van der Waals surface area contributed by atoms with E-state index >= 15 is 28.8 Å². The van der Waals surface area contributed by atoms with Crippen LogP contribution in [0.2, 0.25) is 10.0 Å². The normalized spacial score (nSPS) is 30.3. The molecule has 17 rings (SSSR count). The molecule has 0 unspecified atom stereocenters. The third kappa shape index (κ3) is 20.2. The molecule has 18 atom stereocenters. The van der Waals surface area contributed by atoms with Crippen molar-refractivity contribution in [2.24, 2.45) is 58.8 Å². The molecule has 6 amide bonds. The predicted molar refractivity (Wildman–Crippen MR) is 454 cm³/mol. The first-order chi connectivity index (χ1) is 60.0. The van der Waals surface area contributed by atoms with Crippen LogP contribution in [0.15, 0.2) is 103 Å². The van der Waals surface area contributed by atoms with E-state index < -0.39 is 216 Å². The van der Waals surface area contributed by atoms with Crippen molar-refractivity contribution in [3.8, 4) is 62.9 Å². The van der Waals surface area contributed by atoms with Gasteiger partial charge in [-0.1, -0.05) is 62.2 Å². The maximum atomic E-state index is 16.7. The maximum absolute atomic E-state index is 16.7. The highest BCUT2D eigenvalue weighted by molar-refractivity contribution is 6.32. The Labute approximate surface area is 736 Å². The molecule has 11 aliphatic rings. The molecular weight excluding hydrogens is 1680 g/mol. The van der Waals surface area contributed by atoms with Crippen LogP contribution in [0.1, 0.15) is 176 Å². The number of phenolic OH excluding ortho intramolecular Hbond substituents is 2. The zero-order chi connectivity index (χ0) is 90.2. The Morgan fingerprint density at radius 2 is 1.35 bits per heavy atom. The van der Waals surface area contributed by atoms with Crippen molar-refractivity contribution in [3.05, 3.63) is 141 Å². The first-order valence-electron chi connectivity index (χ1n) is 42.7. The smallest absolute Gasteiger partial charge is 0.417 e. The second-order valence-electron chi connectivity index (χ2n) is 35.3. The number of amides is 6. The Morgan fingerprint density at radius 1 is 0.698 bits per heavy atom. The van der Waals surface area contributed by atoms with Crippen LogP contribution in [0.5, 0.6) is 51.7 Å². The monoisotopic (exact) mass is 1780 g/mol. The Hall–Kier alpha value is -10.1. The molecule has 0 aromatic heterocycles. The second kappa shape index (κ2) is 38.8. The number of carbonyl (C=O) groups is 9.